The predicted octanol–water partition coefficient (Wildman–Crippen LogP) is 4.18. The summed E-state index contributed by atoms with van der Waals surface area (Å²) in [5.41, 5.74) is 4.38. The molecule has 0 amide bonds. The molecule has 0 saturated carbocycles. The number of nitrogens with zero attached hydrogens (tertiary/aromatic N) is 3. The maximum absolute atomic E-state index is 13.3. The van der Waals surface area contributed by atoms with Crippen LogP contribution in [0.5, 0.6) is 0 Å². The third-order valence-corrected chi connectivity index (χ3v) is 5.38. The van der Waals surface area contributed by atoms with E-state index in [0.717, 1.165) is 49.3 Å². The van der Waals surface area contributed by atoms with E-state index in [-0.39, 0.29) is 5.82 Å². The first kappa shape index (κ1) is 16.3. The molecule has 0 spiro atoms. The van der Waals surface area contributed by atoms with Gasteiger partial charge < -0.3 is 9.88 Å². The topological polar surface area (TPSA) is 35.2 Å². The van der Waals surface area contributed by atoms with Crippen molar-refractivity contribution in [1.82, 2.24) is 14.9 Å². The van der Waals surface area contributed by atoms with Crippen LogP contribution in [0, 0.1) is 5.82 Å². The average Bonchev–Trinajstić information content (AvgIpc) is 3.18. The van der Waals surface area contributed by atoms with Crippen molar-refractivity contribution in [3.8, 4) is 0 Å². The van der Waals surface area contributed by atoms with Gasteiger partial charge in [0.15, 0.2) is 0 Å². The van der Waals surface area contributed by atoms with E-state index in [4.69, 9.17) is 4.98 Å². The molecule has 2 aromatic heterocycles. The van der Waals surface area contributed by atoms with Gasteiger partial charge in [0.25, 0.3) is 0 Å². The van der Waals surface area contributed by atoms with Crippen LogP contribution in [0.2, 0.25) is 0 Å². The Labute approximate surface area is 157 Å². The molecule has 4 aromatic rings. The lowest BCUT2D eigenvalue weighted by molar-refractivity contribution is 0.247. The van der Waals surface area contributed by atoms with Crippen LogP contribution >= 0.6 is 0 Å². The van der Waals surface area contributed by atoms with Gasteiger partial charge in [-0.1, -0.05) is 12.1 Å². The molecule has 1 saturated heterocycles. The molecule has 5 rings (SSSR count). The summed E-state index contributed by atoms with van der Waals surface area (Å²) >= 11 is 0. The highest BCUT2D eigenvalue weighted by Crippen LogP contribution is 2.27. The van der Waals surface area contributed by atoms with E-state index in [1.54, 1.807) is 6.07 Å². The average molecular weight is 360 g/mol. The van der Waals surface area contributed by atoms with Gasteiger partial charge in [-0.15, -0.1) is 0 Å². The zero-order valence-corrected chi connectivity index (χ0v) is 15.0. The molecule has 4 nitrogen and oxygen atoms in total. The van der Waals surface area contributed by atoms with Crippen molar-refractivity contribution in [3.63, 3.8) is 0 Å². The minimum absolute atomic E-state index is 0.217. The number of anilines is 1. The predicted molar refractivity (Wildman–Crippen MR) is 107 cm³/mol. The summed E-state index contributed by atoms with van der Waals surface area (Å²) in [5, 5.41) is 2.14. The Morgan fingerprint density at radius 3 is 2.74 bits per heavy atom. The summed E-state index contributed by atoms with van der Waals surface area (Å²) in [5.74, 6) is -0.217. The van der Waals surface area contributed by atoms with Crippen molar-refractivity contribution < 1.29 is 4.39 Å². The van der Waals surface area contributed by atoms with Crippen molar-refractivity contribution in [3.05, 3.63) is 72.3 Å². The van der Waals surface area contributed by atoms with Gasteiger partial charge >= 0.3 is 0 Å². The van der Waals surface area contributed by atoms with Crippen LogP contribution in [0.1, 0.15) is 5.69 Å². The molecule has 0 unspecified atom stereocenters. The molecule has 3 heterocycles. The maximum Gasteiger partial charge on any atom is 0.123 e. The lowest BCUT2D eigenvalue weighted by Crippen LogP contribution is -2.46. The molecule has 0 radical (unpaired) electrons. The van der Waals surface area contributed by atoms with Crippen molar-refractivity contribution in [1.29, 1.82) is 0 Å². The van der Waals surface area contributed by atoms with E-state index >= 15 is 0 Å². The molecule has 0 bridgehead atoms. The first-order valence-corrected chi connectivity index (χ1v) is 9.35. The molecule has 1 N–H and O–H groups in total. The van der Waals surface area contributed by atoms with Gasteiger partial charge in [-0.25, -0.2) is 4.39 Å². The molecule has 0 atom stereocenters. The summed E-state index contributed by atoms with van der Waals surface area (Å²) in [4.78, 5) is 12.9. The van der Waals surface area contributed by atoms with Crippen molar-refractivity contribution in [2.75, 3.05) is 31.1 Å². The molecule has 136 valence electrons. The third-order valence-electron chi connectivity index (χ3n) is 5.38. The minimum Gasteiger partial charge on any atom is -0.368 e. The Morgan fingerprint density at radius 1 is 0.963 bits per heavy atom. The lowest BCUT2D eigenvalue weighted by atomic mass is 10.1. The number of H-pyrrole nitrogens is 1. The maximum atomic E-state index is 13.3. The number of aromatic nitrogens is 2. The Morgan fingerprint density at radius 2 is 1.85 bits per heavy atom. The van der Waals surface area contributed by atoms with E-state index in [9.17, 15) is 4.39 Å². The lowest BCUT2D eigenvalue weighted by Gasteiger charge is -2.36. The second kappa shape index (κ2) is 6.67. The van der Waals surface area contributed by atoms with Crippen LogP contribution in [0.3, 0.4) is 0 Å². The summed E-state index contributed by atoms with van der Waals surface area (Å²) in [7, 11) is 0. The standard InChI is InChI=1S/C22H21FN4/c23-17-5-7-20-16(14-17)4-6-18(25-20)15-26-10-12-27(13-11-26)22-3-1-2-21-19(22)8-9-24-21/h1-9,14,24H,10-13,15H2. The van der Waals surface area contributed by atoms with E-state index in [1.165, 1.54) is 28.7 Å². The van der Waals surface area contributed by atoms with E-state index in [1.807, 2.05) is 18.3 Å². The van der Waals surface area contributed by atoms with Crippen LogP contribution in [0.4, 0.5) is 10.1 Å². The van der Waals surface area contributed by atoms with Gasteiger partial charge in [0.2, 0.25) is 0 Å². The SMILES string of the molecule is Fc1ccc2nc(CN3CCN(c4cccc5[nH]ccc45)CC3)ccc2c1. The summed E-state index contributed by atoms with van der Waals surface area (Å²) in [6, 6.07) is 17.3. The molecular weight excluding hydrogens is 339 g/mol. The number of nitrogens with one attached hydrogen (secondary N) is 1. The number of fused-ring (bicyclic) bond motifs is 2. The second-order valence-electron chi connectivity index (χ2n) is 7.12. The van der Waals surface area contributed by atoms with Crippen LogP contribution in [0.15, 0.2) is 60.8 Å². The summed E-state index contributed by atoms with van der Waals surface area (Å²) in [6.07, 6.45) is 2.00. The Hall–Kier alpha value is -2.92. The largest absolute Gasteiger partial charge is 0.368 e. The van der Waals surface area contributed by atoms with E-state index in [2.05, 4.69) is 39.0 Å². The molecule has 1 aliphatic rings. The second-order valence-corrected chi connectivity index (χ2v) is 7.12. The fourth-order valence-electron chi connectivity index (χ4n) is 3.95. The zero-order valence-electron chi connectivity index (χ0n) is 15.0. The van der Waals surface area contributed by atoms with Gasteiger partial charge in [0.05, 0.1) is 11.2 Å². The van der Waals surface area contributed by atoms with E-state index in [0.29, 0.717) is 0 Å². The monoisotopic (exact) mass is 360 g/mol. The number of pyridine rings is 1. The number of halogens is 1. The number of hydrogen-bond acceptors (Lipinski definition) is 3. The van der Waals surface area contributed by atoms with Crippen LogP contribution in [-0.4, -0.2) is 41.0 Å². The smallest absolute Gasteiger partial charge is 0.123 e. The number of aromatic amines is 1. The fraction of sp³-hybridized carbons (Fsp3) is 0.227. The van der Waals surface area contributed by atoms with Crippen LogP contribution in [-0.2, 0) is 6.54 Å². The molecule has 2 aromatic carbocycles. The summed E-state index contributed by atoms with van der Waals surface area (Å²) in [6.45, 7) is 4.84. The van der Waals surface area contributed by atoms with Crippen LogP contribution in [0.25, 0.3) is 21.8 Å². The first-order chi connectivity index (χ1) is 13.3. The Kier molecular flexibility index (Phi) is 4.02. The van der Waals surface area contributed by atoms with E-state index < -0.39 is 0 Å². The Bertz CT molecular complexity index is 1100. The molecule has 1 fully saturated rings. The number of rotatable bonds is 3. The molecular formula is C22H21FN4. The highest BCUT2D eigenvalue weighted by molar-refractivity contribution is 5.92. The number of piperazine rings is 1. The normalized spacial score (nSPS) is 15.7. The number of benzene rings is 2. The van der Waals surface area contributed by atoms with Gasteiger partial charge in [-0.3, -0.25) is 9.88 Å². The van der Waals surface area contributed by atoms with Gasteiger partial charge in [-0.05, 0) is 42.5 Å². The van der Waals surface area contributed by atoms with Crippen LogP contribution < -0.4 is 4.90 Å². The van der Waals surface area contributed by atoms with Crippen molar-refractivity contribution >= 4 is 27.5 Å². The van der Waals surface area contributed by atoms with Gasteiger partial charge in [-0.2, -0.15) is 0 Å². The van der Waals surface area contributed by atoms with Crippen molar-refractivity contribution in [2.45, 2.75) is 6.54 Å². The molecule has 5 heteroatoms. The zero-order chi connectivity index (χ0) is 18.2. The number of hydrogen-bond donors (Lipinski definition) is 1. The highest BCUT2D eigenvalue weighted by atomic mass is 19.1. The molecule has 1 aliphatic heterocycles. The minimum atomic E-state index is -0.217. The van der Waals surface area contributed by atoms with Crippen molar-refractivity contribution in [2.24, 2.45) is 0 Å². The fourth-order valence-corrected chi connectivity index (χ4v) is 3.95. The van der Waals surface area contributed by atoms with Gasteiger partial charge in [0.1, 0.15) is 5.82 Å². The Balaban J connectivity index is 1.28. The quantitative estimate of drug-likeness (QED) is 0.595. The molecule has 27 heavy (non-hydrogen) atoms. The summed E-state index contributed by atoms with van der Waals surface area (Å²) < 4.78 is 13.3. The third kappa shape index (κ3) is 3.15. The van der Waals surface area contributed by atoms with Gasteiger partial charge in [0, 0.05) is 60.9 Å². The first-order valence-electron chi connectivity index (χ1n) is 9.35. The molecule has 0 aliphatic carbocycles. The highest BCUT2D eigenvalue weighted by Gasteiger charge is 2.19.